The van der Waals surface area contributed by atoms with Gasteiger partial charge in [-0.1, -0.05) is 11.6 Å². The lowest BCUT2D eigenvalue weighted by Gasteiger charge is -2.11. The maximum atomic E-state index is 12.1. The molecule has 0 aliphatic heterocycles. The highest BCUT2D eigenvalue weighted by atomic mass is 35.5. The molecule has 1 aromatic heterocycles. The molecule has 0 saturated carbocycles. The van der Waals surface area contributed by atoms with Crippen LogP contribution in [0, 0.1) is 6.92 Å². The van der Waals surface area contributed by atoms with Gasteiger partial charge in [-0.15, -0.1) is 5.10 Å². The van der Waals surface area contributed by atoms with E-state index in [0.717, 1.165) is 16.9 Å². The van der Waals surface area contributed by atoms with Gasteiger partial charge in [0.1, 0.15) is 12.1 Å². The molecule has 2 aromatic carbocycles. The Balaban J connectivity index is 1.59. The number of ether oxygens (including phenoxy) is 1. The van der Waals surface area contributed by atoms with Crippen LogP contribution in [-0.2, 0) is 4.79 Å². The quantitative estimate of drug-likeness (QED) is 0.691. The van der Waals surface area contributed by atoms with Crippen molar-refractivity contribution in [3.63, 3.8) is 0 Å². The average molecular weight is 373 g/mol. The van der Waals surface area contributed by atoms with Crippen LogP contribution < -0.4 is 15.4 Å². The van der Waals surface area contributed by atoms with Gasteiger partial charge >= 0.3 is 0 Å². The number of carbonyl (C=O) groups is 1. The smallest absolute Gasteiger partial charge is 0.243 e. The Morgan fingerprint density at radius 2 is 2.04 bits per heavy atom. The maximum absolute atomic E-state index is 12.1. The highest BCUT2D eigenvalue weighted by molar-refractivity contribution is 6.32. The number of nitrogens with zero attached hydrogens (tertiary/aromatic N) is 4. The third-order valence-corrected chi connectivity index (χ3v) is 3.98. The number of rotatable bonds is 6. The molecule has 0 fully saturated rings. The first-order valence-corrected chi connectivity index (χ1v) is 8.16. The highest BCUT2D eigenvalue weighted by Gasteiger charge is 2.07. The van der Waals surface area contributed by atoms with Crippen LogP contribution in [-0.4, -0.2) is 39.8 Å². The molecule has 0 bridgehead atoms. The third-order valence-electron chi connectivity index (χ3n) is 3.68. The predicted octanol–water partition coefficient (Wildman–Crippen LogP) is 2.68. The zero-order chi connectivity index (χ0) is 18.5. The molecule has 0 spiro atoms. The molecule has 3 rings (SSSR count). The molecular weight excluding hydrogens is 356 g/mol. The number of hydrogen-bond acceptors (Lipinski definition) is 6. The molecule has 9 heteroatoms. The van der Waals surface area contributed by atoms with Crippen molar-refractivity contribution in [2.24, 2.45) is 0 Å². The first-order chi connectivity index (χ1) is 12.6. The molecule has 3 aromatic rings. The van der Waals surface area contributed by atoms with Crippen molar-refractivity contribution in [2.45, 2.75) is 6.92 Å². The van der Waals surface area contributed by atoms with E-state index in [1.165, 1.54) is 13.4 Å². The molecule has 2 N–H and O–H groups in total. The summed E-state index contributed by atoms with van der Waals surface area (Å²) in [5.41, 5.74) is 3.28. The first kappa shape index (κ1) is 17.7. The van der Waals surface area contributed by atoms with Gasteiger partial charge in [0.2, 0.25) is 5.91 Å². The minimum Gasteiger partial charge on any atom is -0.495 e. The topological polar surface area (TPSA) is 94.0 Å². The van der Waals surface area contributed by atoms with Gasteiger partial charge in [-0.2, -0.15) is 0 Å². The van der Waals surface area contributed by atoms with Crippen molar-refractivity contribution in [1.82, 2.24) is 20.2 Å². The van der Waals surface area contributed by atoms with E-state index in [9.17, 15) is 4.79 Å². The van der Waals surface area contributed by atoms with Gasteiger partial charge in [0.05, 0.1) is 24.4 Å². The maximum Gasteiger partial charge on any atom is 0.243 e. The van der Waals surface area contributed by atoms with Crippen LogP contribution in [0.3, 0.4) is 0 Å². The number of hydrogen-bond donors (Lipinski definition) is 2. The largest absolute Gasteiger partial charge is 0.495 e. The molecular formula is C17H17ClN6O2. The lowest BCUT2D eigenvalue weighted by molar-refractivity contribution is -0.114. The van der Waals surface area contributed by atoms with Crippen molar-refractivity contribution < 1.29 is 9.53 Å². The average Bonchev–Trinajstić information content (AvgIpc) is 3.14. The second kappa shape index (κ2) is 7.83. The Labute approximate surface area is 155 Å². The van der Waals surface area contributed by atoms with Crippen LogP contribution in [0.5, 0.6) is 5.75 Å². The number of halogens is 1. The van der Waals surface area contributed by atoms with Gasteiger partial charge in [0.25, 0.3) is 0 Å². The van der Waals surface area contributed by atoms with Crippen molar-refractivity contribution in [3.8, 4) is 11.4 Å². The summed E-state index contributed by atoms with van der Waals surface area (Å²) in [7, 11) is 1.54. The molecule has 0 unspecified atom stereocenters. The predicted molar refractivity (Wildman–Crippen MR) is 99.0 cm³/mol. The molecule has 8 nitrogen and oxygen atoms in total. The summed E-state index contributed by atoms with van der Waals surface area (Å²) < 4.78 is 6.67. The van der Waals surface area contributed by atoms with Gasteiger partial charge in [-0.05, 0) is 59.3 Å². The minimum atomic E-state index is -0.187. The van der Waals surface area contributed by atoms with E-state index in [0.29, 0.717) is 16.5 Å². The number of aryl methyl sites for hydroxylation is 1. The Hall–Kier alpha value is -3.13. The van der Waals surface area contributed by atoms with Crippen LogP contribution in [0.2, 0.25) is 5.02 Å². The minimum absolute atomic E-state index is 0.118. The fourth-order valence-electron chi connectivity index (χ4n) is 2.43. The zero-order valence-corrected chi connectivity index (χ0v) is 15.0. The van der Waals surface area contributed by atoms with Crippen LogP contribution in [0.4, 0.5) is 11.4 Å². The molecule has 1 amide bonds. The van der Waals surface area contributed by atoms with Gasteiger partial charge < -0.3 is 15.4 Å². The molecule has 0 aliphatic carbocycles. The molecule has 0 saturated heterocycles. The van der Waals surface area contributed by atoms with E-state index in [2.05, 4.69) is 26.2 Å². The number of anilines is 2. The summed E-state index contributed by atoms with van der Waals surface area (Å²) >= 11 is 6.05. The SMILES string of the molecule is COc1ccc(NC(=O)CNc2ccc(-n3cnnn3)c(C)c2)cc1Cl. The monoisotopic (exact) mass is 372 g/mol. The molecule has 26 heavy (non-hydrogen) atoms. The van der Waals surface area contributed by atoms with Crippen LogP contribution in [0.1, 0.15) is 5.56 Å². The van der Waals surface area contributed by atoms with E-state index < -0.39 is 0 Å². The number of benzene rings is 2. The summed E-state index contributed by atoms with van der Waals surface area (Å²) in [4.78, 5) is 12.1. The number of tetrazole rings is 1. The second-order valence-electron chi connectivity index (χ2n) is 5.51. The van der Waals surface area contributed by atoms with E-state index in [1.807, 2.05) is 25.1 Å². The van der Waals surface area contributed by atoms with Crippen molar-refractivity contribution in [3.05, 3.63) is 53.3 Å². The van der Waals surface area contributed by atoms with Crippen molar-refractivity contribution in [2.75, 3.05) is 24.3 Å². The molecule has 1 heterocycles. The number of amides is 1. The Bertz CT molecular complexity index is 914. The summed E-state index contributed by atoms with van der Waals surface area (Å²) in [6.45, 7) is 2.06. The Morgan fingerprint density at radius 1 is 1.23 bits per heavy atom. The third kappa shape index (κ3) is 4.09. The fourth-order valence-corrected chi connectivity index (χ4v) is 2.68. The number of carbonyl (C=O) groups excluding carboxylic acids is 1. The van der Waals surface area contributed by atoms with Crippen LogP contribution in [0.25, 0.3) is 5.69 Å². The van der Waals surface area contributed by atoms with Crippen molar-refractivity contribution >= 4 is 28.9 Å². The van der Waals surface area contributed by atoms with Gasteiger partial charge in [-0.3, -0.25) is 4.79 Å². The fraction of sp³-hybridized carbons (Fsp3) is 0.176. The molecule has 0 atom stereocenters. The number of nitrogens with one attached hydrogen (secondary N) is 2. The van der Waals surface area contributed by atoms with Gasteiger partial charge in [0, 0.05) is 11.4 Å². The standard InChI is InChI=1S/C17H17ClN6O2/c1-11-7-12(3-5-15(11)24-10-20-22-23-24)19-9-17(25)21-13-4-6-16(26-2)14(18)8-13/h3-8,10,19H,9H2,1-2H3,(H,21,25). The highest BCUT2D eigenvalue weighted by Crippen LogP contribution is 2.27. The Kier molecular flexibility index (Phi) is 5.33. The summed E-state index contributed by atoms with van der Waals surface area (Å²) in [6.07, 6.45) is 1.53. The van der Waals surface area contributed by atoms with Gasteiger partial charge in [0.15, 0.2) is 0 Å². The lowest BCUT2D eigenvalue weighted by atomic mass is 10.2. The molecule has 0 radical (unpaired) electrons. The van der Waals surface area contributed by atoms with Crippen LogP contribution >= 0.6 is 11.6 Å². The summed E-state index contributed by atoms with van der Waals surface area (Å²) in [5, 5.41) is 17.4. The van der Waals surface area contributed by atoms with E-state index in [4.69, 9.17) is 16.3 Å². The molecule has 0 aliphatic rings. The van der Waals surface area contributed by atoms with Crippen LogP contribution in [0.15, 0.2) is 42.7 Å². The van der Waals surface area contributed by atoms with E-state index >= 15 is 0 Å². The number of aromatic nitrogens is 4. The number of methoxy groups -OCH3 is 1. The Morgan fingerprint density at radius 3 is 2.69 bits per heavy atom. The van der Waals surface area contributed by atoms with E-state index in [-0.39, 0.29) is 12.5 Å². The zero-order valence-electron chi connectivity index (χ0n) is 14.2. The summed E-state index contributed by atoms with van der Waals surface area (Å²) in [5.74, 6) is 0.370. The second-order valence-corrected chi connectivity index (χ2v) is 5.91. The van der Waals surface area contributed by atoms with Crippen molar-refractivity contribution in [1.29, 1.82) is 0 Å². The first-order valence-electron chi connectivity index (χ1n) is 7.78. The molecule has 134 valence electrons. The lowest BCUT2D eigenvalue weighted by Crippen LogP contribution is -2.21. The normalized spacial score (nSPS) is 10.4. The summed E-state index contributed by atoms with van der Waals surface area (Å²) in [6, 6.07) is 10.7. The van der Waals surface area contributed by atoms with E-state index in [1.54, 1.807) is 22.9 Å². The van der Waals surface area contributed by atoms with Gasteiger partial charge in [-0.25, -0.2) is 4.68 Å².